The smallest absolute Gasteiger partial charge is 0.0202 e. The third-order valence-electron chi connectivity index (χ3n) is 2.50. The molecule has 0 spiro atoms. The maximum absolute atomic E-state index is 3.33. The molecule has 2 atom stereocenters. The Hall–Kier alpha value is -0.560. The Morgan fingerprint density at radius 3 is 2.67 bits per heavy atom. The number of nitrogens with one attached hydrogen (secondary N) is 1. The summed E-state index contributed by atoms with van der Waals surface area (Å²) in [6.07, 6.45) is 6.91. The monoisotopic (exact) mass is 165 g/mol. The molecular formula is C11H19N. The summed E-state index contributed by atoms with van der Waals surface area (Å²) in [7, 11) is 0. The zero-order valence-corrected chi connectivity index (χ0v) is 8.30. The van der Waals surface area contributed by atoms with Gasteiger partial charge in [-0.2, -0.15) is 0 Å². The molecule has 1 nitrogen and oxygen atoms in total. The van der Waals surface area contributed by atoms with E-state index < -0.39 is 0 Å². The van der Waals surface area contributed by atoms with E-state index in [0.717, 1.165) is 13.1 Å². The van der Waals surface area contributed by atoms with E-state index in [0.29, 0.717) is 11.8 Å². The van der Waals surface area contributed by atoms with E-state index in [9.17, 15) is 0 Å². The Bertz CT molecular complexity index is 191. The first kappa shape index (κ1) is 9.53. The normalized spacial score (nSPS) is 28.8. The van der Waals surface area contributed by atoms with Crippen LogP contribution in [0.2, 0.25) is 0 Å². The summed E-state index contributed by atoms with van der Waals surface area (Å²) in [5, 5.41) is 3.33. The minimum Gasteiger partial charge on any atom is -0.313 e. The first-order valence-electron chi connectivity index (χ1n) is 4.83. The maximum Gasteiger partial charge on any atom is 0.0202 e. The fourth-order valence-electron chi connectivity index (χ4n) is 1.38. The molecule has 12 heavy (non-hydrogen) atoms. The van der Waals surface area contributed by atoms with E-state index in [1.165, 1.54) is 5.57 Å². The predicted molar refractivity (Wildman–Crippen MR) is 54.1 cm³/mol. The van der Waals surface area contributed by atoms with Gasteiger partial charge in [-0.3, -0.25) is 0 Å². The fraction of sp³-hybridized carbons (Fsp3) is 0.636. The highest BCUT2D eigenvalue weighted by Gasteiger charge is 2.10. The average Bonchev–Trinajstić information content (AvgIpc) is 2.07. The summed E-state index contributed by atoms with van der Waals surface area (Å²) in [5.74, 6) is 1.40. The van der Waals surface area contributed by atoms with Crippen LogP contribution in [0, 0.1) is 11.8 Å². The molecule has 0 aromatic rings. The zero-order valence-electron chi connectivity index (χ0n) is 8.30. The van der Waals surface area contributed by atoms with Crippen LogP contribution < -0.4 is 5.32 Å². The molecule has 1 rings (SSSR count). The minimum atomic E-state index is 0.698. The van der Waals surface area contributed by atoms with Gasteiger partial charge in [0.1, 0.15) is 0 Å². The molecule has 0 saturated heterocycles. The van der Waals surface area contributed by atoms with E-state index in [1.807, 2.05) is 0 Å². The Balaban J connectivity index is 2.46. The second-order valence-corrected chi connectivity index (χ2v) is 3.60. The second kappa shape index (κ2) is 4.46. The molecular weight excluding hydrogens is 146 g/mol. The molecule has 1 aliphatic rings. The van der Waals surface area contributed by atoms with E-state index in [4.69, 9.17) is 0 Å². The first-order valence-corrected chi connectivity index (χ1v) is 4.83. The van der Waals surface area contributed by atoms with Crippen molar-refractivity contribution in [2.45, 2.75) is 20.8 Å². The van der Waals surface area contributed by atoms with Gasteiger partial charge in [-0.1, -0.05) is 39.0 Å². The van der Waals surface area contributed by atoms with Crippen molar-refractivity contribution in [1.82, 2.24) is 5.32 Å². The number of hydrogen-bond acceptors (Lipinski definition) is 1. The number of likely N-dealkylation sites (N-methyl/N-ethyl adjacent to an activating group) is 1. The van der Waals surface area contributed by atoms with Crippen LogP contribution in [0.4, 0.5) is 0 Å². The third kappa shape index (κ3) is 2.49. The van der Waals surface area contributed by atoms with Gasteiger partial charge in [-0.05, 0) is 24.0 Å². The van der Waals surface area contributed by atoms with Crippen molar-refractivity contribution < 1.29 is 0 Å². The summed E-state index contributed by atoms with van der Waals surface area (Å²) in [5.41, 5.74) is 1.43. The van der Waals surface area contributed by atoms with Crippen LogP contribution in [-0.2, 0) is 0 Å². The van der Waals surface area contributed by atoms with Gasteiger partial charge >= 0.3 is 0 Å². The molecule has 0 amide bonds. The van der Waals surface area contributed by atoms with E-state index in [1.54, 1.807) is 0 Å². The van der Waals surface area contributed by atoms with E-state index in [2.05, 4.69) is 44.3 Å². The van der Waals surface area contributed by atoms with Gasteiger partial charge in [-0.15, -0.1) is 0 Å². The van der Waals surface area contributed by atoms with Crippen molar-refractivity contribution in [3.8, 4) is 0 Å². The number of allylic oxidation sites excluding steroid dienone is 2. The van der Waals surface area contributed by atoms with Crippen molar-refractivity contribution >= 4 is 0 Å². The minimum absolute atomic E-state index is 0.698. The van der Waals surface area contributed by atoms with Crippen LogP contribution in [-0.4, -0.2) is 13.1 Å². The van der Waals surface area contributed by atoms with Crippen molar-refractivity contribution in [3.05, 3.63) is 23.8 Å². The standard InChI is InChI=1S/C11H19N/c1-4-12-8-11-6-5-9(2)10(3)7-11/h5-7,9-10,12H,4,8H2,1-3H3. The lowest BCUT2D eigenvalue weighted by molar-refractivity contribution is 0.545. The van der Waals surface area contributed by atoms with Gasteiger partial charge in [-0.25, -0.2) is 0 Å². The SMILES string of the molecule is CCNCC1=CC(C)C(C)C=C1. The highest BCUT2D eigenvalue weighted by atomic mass is 14.8. The van der Waals surface area contributed by atoms with Gasteiger partial charge < -0.3 is 5.32 Å². The molecule has 0 saturated carbocycles. The highest BCUT2D eigenvalue weighted by molar-refractivity contribution is 5.26. The van der Waals surface area contributed by atoms with Crippen LogP contribution in [0.5, 0.6) is 0 Å². The van der Waals surface area contributed by atoms with Gasteiger partial charge in [0.05, 0.1) is 0 Å². The van der Waals surface area contributed by atoms with Crippen LogP contribution in [0.3, 0.4) is 0 Å². The summed E-state index contributed by atoms with van der Waals surface area (Å²) in [6, 6.07) is 0. The molecule has 1 N–H and O–H groups in total. The average molecular weight is 165 g/mol. The lowest BCUT2D eigenvalue weighted by Crippen LogP contribution is -2.18. The molecule has 0 heterocycles. The van der Waals surface area contributed by atoms with Gasteiger partial charge in [0.15, 0.2) is 0 Å². The Kier molecular flexibility index (Phi) is 3.54. The van der Waals surface area contributed by atoms with Crippen LogP contribution in [0.15, 0.2) is 23.8 Å². The summed E-state index contributed by atoms with van der Waals surface area (Å²) in [6.45, 7) is 8.75. The number of rotatable bonds is 3. The molecule has 0 bridgehead atoms. The van der Waals surface area contributed by atoms with Gasteiger partial charge in [0, 0.05) is 6.54 Å². The molecule has 0 fully saturated rings. The molecule has 0 radical (unpaired) electrons. The van der Waals surface area contributed by atoms with E-state index >= 15 is 0 Å². The van der Waals surface area contributed by atoms with Crippen molar-refractivity contribution in [1.29, 1.82) is 0 Å². The fourth-order valence-corrected chi connectivity index (χ4v) is 1.38. The largest absolute Gasteiger partial charge is 0.313 e. The highest BCUT2D eigenvalue weighted by Crippen LogP contribution is 2.21. The third-order valence-corrected chi connectivity index (χ3v) is 2.50. The lowest BCUT2D eigenvalue weighted by Gasteiger charge is -2.19. The van der Waals surface area contributed by atoms with E-state index in [-0.39, 0.29) is 0 Å². The Morgan fingerprint density at radius 1 is 1.33 bits per heavy atom. The number of hydrogen-bond donors (Lipinski definition) is 1. The zero-order chi connectivity index (χ0) is 8.97. The molecule has 0 aromatic carbocycles. The first-order chi connectivity index (χ1) is 5.74. The van der Waals surface area contributed by atoms with Crippen LogP contribution in [0.25, 0.3) is 0 Å². The second-order valence-electron chi connectivity index (χ2n) is 3.60. The Labute approximate surface area is 75.6 Å². The molecule has 1 heteroatoms. The van der Waals surface area contributed by atoms with Crippen molar-refractivity contribution in [2.24, 2.45) is 11.8 Å². The molecule has 0 aromatic heterocycles. The molecule has 2 unspecified atom stereocenters. The van der Waals surface area contributed by atoms with Crippen LogP contribution >= 0.6 is 0 Å². The lowest BCUT2D eigenvalue weighted by atomic mass is 9.89. The quantitative estimate of drug-likeness (QED) is 0.677. The van der Waals surface area contributed by atoms with Crippen molar-refractivity contribution in [2.75, 3.05) is 13.1 Å². The molecule has 0 aliphatic heterocycles. The summed E-state index contributed by atoms with van der Waals surface area (Å²) < 4.78 is 0. The summed E-state index contributed by atoms with van der Waals surface area (Å²) in [4.78, 5) is 0. The molecule has 1 aliphatic carbocycles. The molecule has 68 valence electrons. The Morgan fingerprint density at radius 2 is 2.08 bits per heavy atom. The van der Waals surface area contributed by atoms with Crippen LogP contribution in [0.1, 0.15) is 20.8 Å². The van der Waals surface area contributed by atoms with Gasteiger partial charge in [0.25, 0.3) is 0 Å². The topological polar surface area (TPSA) is 12.0 Å². The van der Waals surface area contributed by atoms with Gasteiger partial charge in [0.2, 0.25) is 0 Å². The predicted octanol–water partition coefficient (Wildman–Crippen LogP) is 2.36. The maximum atomic E-state index is 3.33. The van der Waals surface area contributed by atoms with Crippen molar-refractivity contribution in [3.63, 3.8) is 0 Å². The summed E-state index contributed by atoms with van der Waals surface area (Å²) >= 11 is 0.